The highest BCUT2D eigenvalue weighted by atomic mass is 32.2. The molecule has 0 aliphatic carbocycles. The van der Waals surface area contributed by atoms with Gasteiger partial charge in [0.1, 0.15) is 0 Å². The molecule has 2 rings (SSSR count). The van der Waals surface area contributed by atoms with Crippen molar-refractivity contribution >= 4 is 15.9 Å². The third-order valence-corrected chi connectivity index (χ3v) is 6.95. The summed E-state index contributed by atoms with van der Waals surface area (Å²) in [5.74, 6) is 0.548. The van der Waals surface area contributed by atoms with E-state index in [1.807, 2.05) is 13.8 Å². The molecule has 1 fully saturated rings. The Labute approximate surface area is 152 Å². The van der Waals surface area contributed by atoms with Crippen LogP contribution in [0.15, 0.2) is 29.2 Å². The molecule has 140 valence electrons. The van der Waals surface area contributed by atoms with Crippen molar-refractivity contribution in [3.05, 3.63) is 29.8 Å². The minimum absolute atomic E-state index is 0.108. The minimum atomic E-state index is -3.57. The van der Waals surface area contributed by atoms with Crippen molar-refractivity contribution in [2.24, 2.45) is 11.8 Å². The van der Waals surface area contributed by atoms with Crippen LogP contribution in [0.5, 0.6) is 0 Å². The first-order chi connectivity index (χ1) is 11.7. The third-order valence-electron chi connectivity index (χ3n) is 5.13. The Morgan fingerprint density at radius 2 is 1.88 bits per heavy atom. The second kappa shape index (κ2) is 7.87. The largest absolute Gasteiger partial charge is 0.339 e. The lowest BCUT2D eigenvalue weighted by atomic mass is 9.94. The van der Waals surface area contributed by atoms with Crippen molar-refractivity contribution in [3.63, 3.8) is 0 Å². The molecule has 1 aromatic carbocycles. The highest BCUT2D eigenvalue weighted by molar-refractivity contribution is 7.89. The summed E-state index contributed by atoms with van der Waals surface area (Å²) in [6.07, 6.45) is 1.90. The van der Waals surface area contributed by atoms with Gasteiger partial charge in [-0.3, -0.25) is 4.79 Å². The van der Waals surface area contributed by atoms with E-state index in [9.17, 15) is 13.2 Å². The van der Waals surface area contributed by atoms with Crippen molar-refractivity contribution in [2.45, 2.75) is 51.5 Å². The van der Waals surface area contributed by atoms with Crippen LogP contribution >= 0.6 is 0 Å². The van der Waals surface area contributed by atoms with Crippen molar-refractivity contribution in [2.75, 3.05) is 20.1 Å². The molecular weight excluding hydrogens is 336 g/mol. The maximum atomic E-state index is 13.0. The van der Waals surface area contributed by atoms with E-state index in [0.717, 1.165) is 12.8 Å². The summed E-state index contributed by atoms with van der Waals surface area (Å²) >= 11 is 0. The molecule has 0 spiro atoms. The summed E-state index contributed by atoms with van der Waals surface area (Å²) in [6, 6.07) is 6.54. The fraction of sp³-hybridized carbons (Fsp3) is 0.632. The summed E-state index contributed by atoms with van der Waals surface area (Å²) < 4.78 is 27.6. The molecule has 0 radical (unpaired) electrons. The maximum absolute atomic E-state index is 13.0. The van der Waals surface area contributed by atoms with Crippen LogP contribution in [0.4, 0.5) is 0 Å². The zero-order valence-electron chi connectivity index (χ0n) is 15.9. The number of hydrogen-bond donors (Lipinski definition) is 0. The average Bonchev–Trinajstić information content (AvgIpc) is 2.59. The molecule has 1 saturated heterocycles. The van der Waals surface area contributed by atoms with Gasteiger partial charge in [-0.2, -0.15) is 4.31 Å². The van der Waals surface area contributed by atoms with Crippen molar-refractivity contribution < 1.29 is 13.2 Å². The number of hydrogen-bond acceptors (Lipinski definition) is 3. The Hall–Kier alpha value is -1.40. The Balaban J connectivity index is 2.29. The Kier molecular flexibility index (Phi) is 6.27. The number of carbonyl (C=O) groups excluding carboxylic acids is 1. The normalized spacial score (nSPS) is 23.2. The first-order valence-electron chi connectivity index (χ1n) is 9.04. The van der Waals surface area contributed by atoms with Gasteiger partial charge >= 0.3 is 0 Å². The van der Waals surface area contributed by atoms with Gasteiger partial charge in [0.05, 0.1) is 4.90 Å². The number of piperidine rings is 1. The van der Waals surface area contributed by atoms with Crippen LogP contribution in [0.2, 0.25) is 0 Å². The Morgan fingerprint density at radius 3 is 2.44 bits per heavy atom. The zero-order valence-corrected chi connectivity index (χ0v) is 16.7. The van der Waals surface area contributed by atoms with E-state index in [2.05, 4.69) is 13.8 Å². The van der Waals surface area contributed by atoms with E-state index < -0.39 is 10.0 Å². The van der Waals surface area contributed by atoms with Crippen LogP contribution in [0.3, 0.4) is 0 Å². The van der Waals surface area contributed by atoms with Crippen LogP contribution in [0, 0.1) is 11.8 Å². The molecule has 1 aliphatic heterocycles. The molecule has 0 bridgehead atoms. The predicted octanol–water partition coefficient (Wildman–Crippen LogP) is 3.22. The lowest BCUT2D eigenvalue weighted by molar-refractivity contribution is 0.0740. The monoisotopic (exact) mass is 366 g/mol. The van der Waals surface area contributed by atoms with Crippen LogP contribution in [-0.4, -0.2) is 49.7 Å². The molecule has 1 amide bonds. The molecule has 6 heteroatoms. The highest BCUT2D eigenvalue weighted by Gasteiger charge is 2.32. The number of benzene rings is 1. The van der Waals surface area contributed by atoms with Crippen molar-refractivity contribution in [1.29, 1.82) is 0 Å². The molecule has 1 aliphatic rings. The van der Waals surface area contributed by atoms with E-state index in [0.29, 0.717) is 30.5 Å². The molecule has 3 atom stereocenters. The van der Waals surface area contributed by atoms with Crippen LogP contribution in [0.1, 0.15) is 50.9 Å². The number of nitrogens with zero attached hydrogens (tertiary/aromatic N) is 2. The van der Waals surface area contributed by atoms with Crippen LogP contribution < -0.4 is 0 Å². The van der Waals surface area contributed by atoms with E-state index in [-0.39, 0.29) is 16.8 Å². The quantitative estimate of drug-likeness (QED) is 0.804. The third kappa shape index (κ3) is 4.42. The number of amides is 1. The SMILES string of the molecule is CCC(C)N(C)C(=O)c1cccc(S(=O)(=O)N2CC(C)CC(C)C2)c1. The lowest BCUT2D eigenvalue weighted by Gasteiger charge is -2.34. The first-order valence-corrected chi connectivity index (χ1v) is 10.5. The summed E-state index contributed by atoms with van der Waals surface area (Å²) in [6.45, 7) is 9.25. The van der Waals surface area contributed by atoms with Gasteiger partial charge in [-0.05, 0) is 49.8 Å². The molecular formula is C19H30N2O3S. The topological polar surface area (TPSA) is 57.7 Å². The van der Waals surface area contributed by atoms with Gasteiger partial charge in [-0.15, -0.1) is 0 Å². The summed E-state index contributed by atoms with van der Waals surface area (Å²) in [4.78, 5) is 14.5. The highest BCUT2D eigenvalue weighted by Crippen LogP contribution is 2.27. The second-order valence-electron chi connectivity index (χ2n) is 7.47. The zero-order chi connectivity index (χ0) is 18.8. The second-order valence-corrected chi connectivity index (χ2v) is 9.41. The van der Waals surface area contributed by atoms with Gasteiger partial charge in [0.25, 0.3) is 5.91 Å². The summed E-state index contributed by atoms with van der Waals surface area (Å²) in [5, 5.41) is 0. The average molecular weight is 367 g/mol. The molecule has 0 aromatic heterocycles. The van der Waals surface area contributed by atoms with Gasteiger partial charge in [0.2, 0.25) is 10.0 Å². The maximum Gasteiger partial charge on any atom is 0.253 e. The Morgan fingerprint density at radius 1 is 1.28 bits per heavy atom. The molecule has 1 aromatic rings. The van der Waals surface area contributed by atoms with Crippen LogP contribution in [-0.2, 0) is 10.0 Å². The van der Waals surface area contributed by atoms with Gasteiger partial charge in [0, 0.05) is 31.7 Å². The summed E-state index contributed by atoms with van der Waals surface area (Å²) in [5.41, 5.74) is 0.419. The molecule has 1 heterocycles. The van der Waals surface area contributed by atoms with Gasteiger partial charge < -0.3 is 4.90 Å². The van der Waals surface area contributed by atoms with E-state index in [1.165, 1.54) is 6.07 Å². The van der Waals surface area contributed by atoms with Crippen LogP contribution in [0.25, 0.3) is 0 Å². The Bertz CT molecular complexity index is 707. The fourth-order valence-electron chi connectivity index (χ4n) is 3.42. The van der Waals surface area contributed by atoms with Gasteiger partial charge in [0.15, 0.2) is 0 Å². The number of rotatable bonds is 5. The van der Waals surface area contributed by atoms with Gasteiger partial charge in [-0.1, -0.05) is 26.8 Å². The van der Waals surface area contributed by atoms with E-state index >= 15 is 0 Å². The number of carbonyl (C=O) groups is 1. The molecule has 3 unspecified atom stereocenters. The van der Waals surface area contributed by atoms with Crippen molar-refractivity contribution in [1.82, 2.24) is 9.21 Å². The molecule has 0 saturated carbocycles. The minimum Gasteiger partial charge on any atom is -0.339 e. The summed E-state index contributed by atoms with van der Waals surface area (Å²) in [7, 11) is -1.82. The lowest BCUT2D eigenvalue weighted by Crippen LogP contribution is -2.42. The fourth-order valence-corrected chi connectivity index (χ4v) is 5.14. The smallest absolute Gasteiger partial charge is 0.253 e. The van der Waals surface area contributed by atoms with E-state index in [4.69, 9.17) is 0 Å². The first kappa shape index (κ1) is 19.9. The van der Waals surface area contributed by atoms with E-state index in [1.54, 1.807) is 34.5 Å². The predicted molar refractivity (Wildman–Crippen MR) is 100.0 cm³/mol. The van der Waals surface area contributed by atoms with Gasteiger partial charge in [-0.25, -0.2) is 8.42 Å². The standard InChI is InChI=1S/C19H30N2O3S/c1-6-16(4)20(5)19(22)17-8-7-9-18(11-17)25(23,24)21-12-14(2)10-15(3)13-21/h7-9,11,14-16H,6,10,12-13H2,1-5H3. The molecule has 0 N–H and O–H groups in total. The molecule has 25 heavy (non-hydrogen) atoms. The number of sulfonamides is 1. The molecule has 5 nitrogen and oxygen atoms in total. The van der Waals surface area contributed by atoms with Crippen molar-refractivity contribution in [3.8, 4) is 0 Å².